The van der Waals surface area contributed by atoms with Gasteiger partial charge in [0, 0.05) is 17.6 Å². The number of hydrogen-bond donors (Lipinski definition) is 2. The van der Waals surface area contributed by atoms with Crippen molar-refractivity contribution in [3.63, 3.8) is 0 Å². The second kappa shape index (κ2) is 6.87. The number of aryl methyl sites for hydroxylation is 1. The molecule has 0 saturated carbocycles. The summed E-state index contributed by atoms with van der Waals surface area (Å²) in [6.07, 6.45) is 2.08. The quantitative estimate of drug-likeness (QED) is 0.876. The van der Waals surface area contributed by atoms with Crippen LogP contribution in [0.5, 0.6) is 0 Å². The molecule has 1 aromatic heterocycles. The molecule has 2 unspecified atom stereocenters. The highest BCUT2D eigenvalue weighted by Crippen LogP contribution is 2.14. The molecule has 23 heavy (non-hydrogen) atoms. The molecule has 122 valence electrons. The summed E-state index contributed by atoms with van der Waals surface area (Å²) in [4.78, 5) is 13.5. The molecule has 2 aromatic rings. The van der Waals surface area contributed by atoms with Crippen LogP contribution in [0.15, 0.2) is 24.3 Å². The van der Waals surface area contributed by atoms with E-state index in [1.165, 1.54) is 10.4 Å². The molecule has 1 aliphatic rings. The number of aromatic nitrogens is 4. The zero-order chi connectivity index (χ0) is 16.2. The third-order valence-corrected chi connectivity index (χ3v) is 4.16. The van der Waals surface area contributed by atoms with Crippen molar-refractivity contribution >= 4 is 5.91 Å². The summed E-state index contributed by atoms with van der Waals surface area (Å²) in [6.45, 7) is 5.22. The molecule has 2 atom stereocenters. The Balaban J connectivity index is 1.60. The van der Waals surface area contributed by atoms with Crippen molar-refractivity contribution in [1.82, 2.24) is 30.8 Å². The number of benzene rings is 1. The monoisotopic (exact) mass is 314 g/mol. The van der Waals surface area contributed by atoms with Gasteiger partial charge in [0.05, 0.1) is 0 Å². The van der Waals surface area contributed by atoms with Crippen molar-refractivity contribution in [3.8, 4) is 11.4 Å². The Morgan fingerprint density at radius 1 is 1.39 bits per heavy atom. The van der Waals surface area contributed by atoms with Crippen molar-refractivity contribution < 1.29 is 4.79 Å². The van der Waals surface area contributed by atoms with Gasteiger partial charge < -0.3 is 10.6 Å². The minimum atomic E-state index is -0.0848. The molecular formula is C16H22N6O. The van der Waals surface area contributed by atoms with Crippen molar-refractivity contribution in [3.05, 3.63) is 29.8 Å². The van der Waals surface area contributed by atoms with Crippen LogP contribution in [0.2, 0.25) is 0 Å². The maximum Gasteiger partial charge on any atom is 0.243 e. The first-order valence-corrected chi connectivity index (χ1v) is 7.99. The van der Waals surface area contributed by atoms with E-state index in [1.807, 2.05) is 31.2 Å². The van der Waals surface area contributed by atoms with Crippen LogP contribution in [0.1, 0.15) is 25.3 Å². The molecule has 1 aliphatic heterocycles. The fraction of sp³-hybridized carbons (Fsp3) is 0.500. The fourth-order valence-corrected chi connectivity index (χ4v) is 2.75. The van der Waals surface area contributed by atoms with E-state index < -0.39 is 0 Å². The highest BCUT2D eigenvalue weighted by Gasteiger charge is 2.22. The molecule has 1 saturated heterocycles. The first kappa shape index (κ1) is 15.6. The van der Waals surface area contributed by atoms with Gasteiger partial charge in [0.1, 0.15) is 6.54 Å². The van der Waals surface area contributed by atoms with Gasteiger partial charge in [0.15, 0.2) is 0 Å². The largest absolute Gasteiger partial charge is 0.350 e. The van der Waals surface area contributed by atoms with E-state index in [1.54, 1.807) is 0 Å². The molecule has 0 aliphatic carbocycles. The standard InChI is InChI=1S/C16H22N6O/c1-11-5-7-13(8-6-11)16-19-21-22(20-16)10-15(23)18-14-4-3-9-17-12(14)2/h5-8,12,14,17H,3-4,9-10H2,1-2H3,(H,18,23). The van der Waals surface area contributed by atoms with E-state index in [-0.39, 0.29) is 18.5 Å². The molecule has 2 heterocycles. The Bertz CT molecular complexity index is 665. The van der Waals surface area contributed by atoms with Crippen LogP contribution in [0.4, 0.5) is 0 Å². The van der Waals surface area contributed by atoms with Gasteiger partial charge >= 0.3 is 0 Å². The molecule has 0 bridgehead atoms. The summed E-state index contributed by atoms with van der Waals surface area (Å²) >= 11 is 0. The Morgan fingerprint density at radius 2 is 2.17 bits per heavy atom. The van der Waals surface area contributed by atoms with Crippen LogP contribution in [-0.4, -0.2) is 44.7 Å². The van der Waals surface area contributed by atoms with Crippen molar-refractivity contribution in [2.75, 3.05) is 6.54 Å². The average molecular weight is 314 g/mol. The number of carbonyl (C=O) groups excluding carboxylic acids is 1. The lowest BCUT2D eigenvalue weighted by atomic mass is 10.00. The molecule has 0 radical (unpaired) electrons. The predicted octanol–water partition coefficient (Wildman–Crippen LogP) is 0.905. The zero-order valence-electron chi connectivity index (χ0n) is 13.5. The SMILES string of the molecule is Cc1ccc(-c2nnn(CC(=O)NC3CCCNC3C)n2)cc1. The molecule has 1 fully saturated rings. The lowest BCUT2D eigenvalue weighted by Crippen LogP contribution is -2.52. The van der Waals surface area contributed by atoms with Gasteiger partial charge in [-0.05, 0) is 38.4 Å². The van der Waals surface area contributed by atoms with Crippen LogP contribution in [0, 0.1) is 6.92 Å². The summed E-state index contributed by atoms with van der Waals surface area (Å²) in [7, 11) is 0. The Morgan fingerprint density at radius 3 is 2.91 bits per heavy atom. The Labute approximate surface area is 135 Å². The van der Waals surface area contributed by atoms with Crippen molar-refractivity contribution in [1.29, 1.82) is 0 Å². The summed E-state index contributed by atoms with van der Waals surface area (Å²) in [6, 6.07) is 8.36. The van der Waals surface area contributed by atoms with Gasteiger partial charge in [-0.1, -0.05) is 29.8 Å². The molecular weight excluding hydrogens is 292 g/mol. The molecule has 1 amide bonds. The van der Waals surface area contributed by atoms with Crippen LogP contribution in [0.25, 0.3) is 11.4 Å². The number of nitrogens with one attached hydrogen (secondary N) is 2. The molecule has 7 nitrogen and oxygen atoms in total. The van der Waals surface area contributed by atoms with Gasteiger partial charge in [0.25, 0.3) is 0 Å². The van der Waals surface area contributed by atoms with E-state index >= 15 is 0 Å². The number of hydrogen-bond acceptors (Lipinski definition) is 5. The van der Waals surface area contributed by atoms with Crippen LogP contribution >= 0.6 is 0 Å². The highest BCUT2D eigenvalue weighted by molar-refractivity contribution is 5.76. The molecule has 0 spiro atoms. The molecule has 2 N–H and O–H groups in total. The number of amides is 1. The minimum Gasteiger partial charge on any atom is -0.350 e. The number of carbonyl (C=O) groups is 1. The Hall–Kier alpha value is -2.28. The van der Waals surface area contributed by atoms with Gasteiger partial charge in [-0.15, -0.1) is 10.2 Å². The molecule has 7 heteroatoms. The van der Waals surface area contributed by atoms with Gasteiger partial charge in [-0.25, -0.2) is 0 Å². The van der Waals surface area contributed by atoms with Gasteiger partial charge in [-0.2, -0.15) is 4.80 Å². The zero-order valence-corrected chi connectivity index (χ0v) is 13.5. The number of nitrogens with zero attached hydrogens (tertiary/aromatic N) is 4. The van der Waals surface area contributed by atoms with Crippen molar-refractivity contribution in [2.24, 2.45) is 0 Å². The van der Waals surface area contributed by atoms with E-state index in [4.69, 9.17) is 0 Å². The van der Waals surface area contributed by atoms with E-state index in [0.717, 1.165) is 24.9 Å². The smallest absolute Gasteiger partial charge is 0.243 e. The second-order valence-electron chi connectivity index (χ2n) is 6.07. The second-order valence-corrected chi connectivity index (χ2v) is 6.07. The topological polar surface area (TPSA) is 84.7 Å². The Kier molecular flexibility index (Phi) is 4.66. The fourth-order valence-electron chi connectivity index (χ4n) is 2.75. The van der Waals surface area contributed by atoms with E-state index in [0.29, 0.717) is 11.9 Å². The number of piperidine rings is 1. The molecule has 1 aromatic carbocycles. The van der Waals surface area contributed by atoms with E-state index in [2.05, 4.69) is 33.0 Å². The van der Waals surface area contributed by atoms with Crippen molar-refractivity contribution in [2.45, 2.75) is 45.3 Å². The van der Waals surface area contributed by atoms with Crippen LogP contribution in [-0.2, 0) is 11.3 Å². The normalized spacial score (nSPS) is 21.1. The van der Waals surface area contributed by atoms with Crippen LogP contribution < -0.4 is 10.6 Å². The first-order valence-electron chi connectivity index (χ1n) is 7.99. The third kappa shape index (κ3) is 3.92. The number of tetrazole rings is 1. The first-order chi connectivity index (χ1) is 11.1. The summed E-state index contributed by atoms with van der Waals surface area (Å²) < 4.78 is 0. The average Bonchev–Trinajstić information content (AvgIpc) is 2.98. The summed E-state index contributed by atoms with van der Waals surface area (Å²) in [5.41, 5.74) is 2.07. The number of rotatable bonds is 4. The maximum atomic E-state index is 12.1. The lowest BCUT2D eigenvalue weighted by Gasteiger charge is -2.30. The highest BCUT2D eigenvalue weighted by atomic mass is 16.2. The predicted molar refractivity (Wildman–Crippen MR) is 86.6 cm³/mol. The van der Waals surface area contributed by atoms with Gasteiger partial charge in [-0.3, -0.25) is 4.79 Å². The minimum absolute atomic E-state index is 0.0848. The molecule has 3 rings (SSSR count). The van der Waals surface area contributed by atoms with Crippen LogP contribution in [0.3, 0.4) is 0 Å². The lowest BCUT2D eigenvalue weighted by molar-refractivity contribution is -0.123. The maximum absolute atomic E-state index is 12.1. The van der Waals surface area contributed by atoms with Gasteiger partial charge in [0.2, 0.25) is 11.7 Å². The summed E-state index contributed by atoms with van der Waals surface area (Å²) in [5.74, 6) is 0.448. The third-order valence-electron chi connectivity index (χ3n) is 4.16. The van der Waals surface area contributed by atoms with E-state index in [9.17, 15) is 4.79 Å². The summed E-state index contributed by atoms with van der Waals surface area (Å²) in [5, 5.41) is 18.7.